The minimum Gasteiger partial charge on any atom is -0.616 e. The Morgan fingerprint density at radius 3 is 2.73 bits per heavy atom. The molecule has 0 bridgehead atoms. The quantitative estimate of drug-likeness (QED) is 0.788. The van der Waals surface area contributed by atoms with E-state index in [0.29, 0.717) is 11.5 Å². The van der Waals surface area contributed by atoms with E-state index < -0.39 is 17.1 Å². The van der Waals surface area contributed by atoms with Gasteiger partial charge in [-0.1, -0.05) is 17.2 Å². The van der Waals surface area contributed by atoms with Crippen LogP contribution in [0, 0.1) is 0 Å². The van der Waals surface area contributed by atoms with Crippen LogP contribution in [0.4, 0.5) is 0 Å². The van der Waals surface area contributed by atoms with Gasteiger partial charge < -0.3 is 14.4 Å². The van der Waals surface area contributed by atoms with Crippen LogP contribution in [-0.2, 0) is 16.9 Å². The summed E-state index contributed by atoms with van der Waals surface area (Å²) in [4.78, 5) is 10.9. The minimum absolute atomic E-state index is 0.0976. The third-order valence-electron chi connectivity index (χ3n) is 1.86. The molecule has 5 heteroatoms. The van der Waals surface area contributed by atoms with Gasteiger partial charge in [-0.25, -0.2) is 4.79 Å². The largest absolute Gasteiger partial charge is 0.616 e. The van der Waals surface area contributed by atoms with Crippen molar-refractivity contribution >= 4 is 17.1 Å². The normalized spacial score (nSPS) is 12.2. The summed E-state index contributed by atoms with van der Waals surface area (Å²) in [6.07, 6.45) is 1.57. The number of benzene rings is 1. The molecule has 15 heavy (non-hydrogen) atoms. The van der Waals surface area contributed by atoms with Crippen molar-refractivity contribution in [3.8, 4) is 5.75 Å². The number of carbonyl (C=O) groups is 1. The lowest BCUT2D eigenvalue weighted by atomic mass is 10.1. The van der Waals surface area contributed by atoms with E-state index in [1.807, 2.05) is 0 Å². The van der Waals surface area contributed by atoms with Crippen LogP contribution in [0.3, 0.4) is 0 Å². The second-order valence-electron chi connectivity index (χ2n) is 3.06. The van der Waals surface area contributed by atoms with E-state index in [1.54, 1.807) is 18.4 Å². The SMILES string of the molecule is COc1ccc(C[S+](C)[O-])cc1C(=O)O. The molecule has 0 heterocycles. The van der Waals surface area contributed by atoms with Crippen molar-refractivity contribution in [1.29, 1.82) is 0 Å². The molecule has 0 saturated carbocycles. The first kappa shape index (κ1) is 11.9. The minimum atomic E-state index is -1.05. The third kappa shape index (κ3) is 3.14. The van der Waals surface area contributed by atoms with Crippen LogP contribution in [-0.4, -0.2) is 29.0 Å². The molecule has 82 valence electrons. The molecule has 0 aromatic heterocycles. The molecule has 0 amide bonds. The summed E-state index contributed by atoms with van der Waals surface area (Å²) in [5.41, 5.74) is 0.828. The predicted molar refractivity (Wildman–Crippen MR) is 57.7 cm³/mol. The van der Waals surface area contributed by atoms with Gasteiger partial charge in [0.25, 0.3) is 0 Å². The van der Waals surface area contributed by atoms with E-state index in [2.05, 4.69) is 0 Å². The Balaban J connectivity index is 3.05. The molecule has 1 aromatic rings. The Labute approximate surface area is 91.1 Å². The summed E-state index contributed by atoms with van der Waals surface area (Å²) >= 11 is -0.980. The zero-order valence-electron chi connectivity index (χ0n) is 8.52. The van der Waals surface area contributed by atoms with Gasteiger partial charge in [-0.05, 0) is 12.1 Å². The first-order chi connectivity index (χ1) is 7.04. The lowest BCUT2D eigenvalue weighted by molar-refractivity contribution is 0.0693. The van der Waals surface area contributed by atoms with Crippen molar-refractivity contribution in [1.82, 2.24) is 0 Å². The molecule has 1 unspecified atom stereocenters. The van der Waals surface area contributed by atoms with E-state index in [9.17, 15) is 9.35 Å². The number of carboxylic acids is 1. The van der Waals surface area contributed by atoms with Gasteiger partial charge in [0.15, 0.2) is 0 Å². The average molecular weight is 228 g/mol. The van der Waals surface area contributed by atoms with Crippen LogP contribution in [0.5, 0.6) is 5.75 Å². The molecule has 4 nitrogen and oxygen atoms in total. The Morgan fingerprint density at radius 2 is 2.27 bits per heavy atom. The number of ether oxygens (including phenoxy) is 1. The maximum absolute atomic E-state index is 11.0. The standard InChI is InChI=1S/C10H12O4S/c1-14-9-4-3-7(6-15(2)13)5-8(9)10(11)12/h3-5H,6H2,1-2H3,(H,11,12). The monoisotopic (exact) mass is 228 g/mol. The molecule has 0 fully saturated rings. The molecular formula is C10H12O4S. The molecule has 1 aromatic carbocycles. The fourth-order valence-corrected chi connectivity index (χ4v) is 1.90. The zero-order chi connectivity index (χ0) is 11.4. The summed E-state index contributed by atoms with van der Waals surface area (Å²) in [5.74, 6) is -0.381. The summed E-state index contributed by atoms with van der Waals surface area (Å²) in [7, 11) is 1.42. The van der Waals surface area contributed by atoms with Gasteiger partial charge in [0, 0.05) is 5.56 Å². The van der Waals surface area contributed by atoms with Gasteiger partial charge in [0.05, 0.1) is 13.4 Å². The number of hydrogen-bond donors (Lipinski definition) is 1. The third-order valence-corrected chi connectivity index (χ3v) is 2.60. The fraction of sp³-hybridized carbons (Fsp3) is 0.300. The van der Waals surface area contributed by atoms with Crippen molar-refractivity contribution in [2.24, 2.45) is 0 Å². The summed E-state index contributed by atoms with van der Waals surface area (Å²) in [6.45, 7) is 0. The summed E-state index contributed by atoms with van der Waals surface area (Å²) < 4.78 is 15.9. The van der Waals surface area contributed by atoms with Crippen LogP contribution < -0.4 is 4.74 Å². The number of aromatic carboxylic acids is 1. The van der Waals surface area contributed by atoms with Crippen molar-refractivity contribution in [2.45, 2.75) is 5.75 Å². The molecule has 1 rings (SSSR count). The van der Waals surface area contributed by atoms with Gasteiger partial charge in [-0.3, -0.25) is 0 Å². The highest BCUT2D eigenvalue weighted by atomic mass is 32.2. The van der Waals surface area contributed by atoms with Crippen molar-refractivity contribution < 1.29 is 19.2 Å². The molecular weight excluding hydrogens is 216 g/mol. The molecule has 0 aliphatic heterocycles. The van der Waals surface area contributed by atoms with E-state index >= 15 is 0 Å². The Morgan fingerprint density at radius 1 is 1.60 bits per heavy atom. The molecule has 0 spiro atoms. The first-order valence-corrected chi connectivity index (χ1v) is 5.97. The smallest absolute Gasteiger partial charge is 0.339 e. The van der Waals surface area contributed by atoms with Crippen LogP contribution >= 0.6 is 0 Å². The number of rotatable bonds is 4. The van der Waals surface area contributed by atoms with Crippen molar-refractivity contribution in [2.75, 3.05) is 13.4 Å². The zero-order valence-corrected chi connectivity index (χ0v) is 9.34. The topological polar surface area (TPSA) is 69.6 Å². The van der Waals surface area contributed by atoms with Gasteiger partial charge >= 0.3 is 5.97 Å². The molecule has 0 radical (unpaired) electrons. The maximum Gasteiger partial charge on any atom is 0.339 e. The van der Waals surface area contributed by atoms with E-state index in [-0.39, 0.29) is 5.56 Å². The van der Waals surface area contributed by atoms with Crippen LogP contribution in [0.25, 0.3) is 0 Å². The molecule has 0 saturated heterocycles. The Hall–Kier alpha value is -1.20. The number of carboxylic acid groups (broad SMARTS) is 1. The lowest BCUT2D eigenvalue weighted by Crippen LogP contribution is -2.05. The second-order valence-corrected chi connectivity index (χ2v) is 4.49. The average Bonchev–Trinajstić information content (AvgIpc) is 2.16. The molecule has 1 N–H and O–H groups in total. The van der Waals surface area contributed by atoms with Crippen LogP contribution in [0.2, 0.25) is 0 Å². The molecule has 0 aliphatic rings. The second kappa shape index (κ2) is 5.04. The van der Waals surface area contributed by atoms with Crippen LogP contribution in [0.1, 0.15) is 15.9 Å². The summed E-state index contributed by atoms with van der Waals surface area (Å²) in [5, 5.41) is 8.90. The molecule has 1 atom stereocenters. The lowest BCUT2D eigenvalue weighted by Gasteiger charge is -2.08. The highest BCUT2D eigenvalue weighted by Gasteiger charge is 2.12. The highest BCUT2D eigenvalue weighted by Crippen LogP contribution is 2.20. The predicted octanol–water partition coefficient (Wildman–Crippen LogP) is 1.27. The van der Waals surface area contributed by atoms with Gasteiger partial charge in [-0.2, -0.15) is 0 Å². The highest BCUT2D eigenvalue weighted by molar-refractivity contribution is 7.89. The van der Waals surface area contributed by atoms with Crippen molar-refractivity contribution in [3.05, 3.63) is 29.3 Å². The molecule has 0 aliphatic carbocycles. The summed E-state index contributed by atoms with van der Waals surface area (Å²) in [6, 6.07) is 4.78. The maximum atomic E-state index is 11.0. The van der Waals surface area contributed by atoms with Gasteiger partial charge in [-0.15, -0.1) is 0 Å². The Bertz CT molecular complexity index is 362. The van der Waals surface area contributed by atoms with E-state index in [0.717, 1.165) is 5.56 Å². The first-order valence-electron chi connectivity index (χ1n) is 4.25. The Kier molecular flexibility index (Phi) is 3.99. The van der Waals surface area contributed by atoms with Gasteiger partial charge in [0.1, 0.15) is 17.1 Å². The number of hydrogen-bond acceptors (Lipinski definition) is 3. The van der Waals surface area contributed by atoms with E-state index in [4.69, 9.17) is 9.84 Å². The number of methoxy groups -OCH3 is 1. The van der Waals surface area contributed by atoms with Crippen molar-refractivity contribution in [3.63, 3.8) is 0 Å². The van der Waals surface area contributed by atoms with Crippen LogP contribution in [0.15, 0.2) is 18.2 Å². The van der Waals surface area contributed by atoms with E-state index in [1.165, 1.54) is 13.2 Å². The fourth-order valence-electron chi connectivity index (χ4n) is 1.25. The van der Waals surface area contributed by atoms with Gasteiger partial charge in [0.2, 0.25) is 0 Å².